The van der Waals surface area contributed by atoms with Gasteiger partial charge in [-0.25, -0.2) is 0 Å². The topological polar surface area (TPSA) is 38.5 Å². The van der Waals surface area contributed by atoms with Crippen molar-refractivity contribution in [2.45, 2.75) is 25.6 Å². The van der Waals surface area contributed by atoms with Crippen LogP contribution in [0.5, 0.6) is 0 Å². The first-order valence-corrected chi connectivity index (χ1v) is 7.11. The van der Waals surface area contributed by atoms with E-state index in [-0.39, 0.29) is 16.6 Å². The van der Waals surface area contributed by atoms with Crippen LogP contribution in [0.15, 0.2) is 18.2 Å². The fourth-order valence-corrected chi connectivity index (χ4v) is 2.63. The van der Waals surface area contributed by atoms with Gasteiger partial charge in [0.25, 0.3) is 0 Å². The van der Waals surface area contributed by atoms with Gasteiger partial charge in [0.15, 0.2) is 0 Å². The zero-order chi connectivity index (χ0) is 15.6. The van der Waals surface area contributed by atoms with Crippen LogP contribution in [0, 0.1) is 0 Å². The molecule has 0 spiro atoms. The third kappa shape index (κ3) is 3.47. The number of ether oxygens (including phenoxy) is 1. The standard InChI is InChI=1S/C14H17F3N2OS/c1-2-10-8-20-6-5-19(10)12-4-3-9(14(15,16)17)7-11(12)13(18)21/h3-4,7,10H,2,5-6,8H2,1H3,(H2,18,21). The molecular weight excluding hydrogens is 301 g/mol. The van der Waals surface area contributed by atoms with Gasteiger partial charge in [0.1, 0.15) is 4.99 Å². The van der Waals surface area contributed by atoms with E-state index in [1.165, 1.54) is 6.07 Å². The van der Waals surface area contributed by atoms with Gasteiger partial charge in [-0.2, -0.15) is 13.2 Å². The lowest BCUT2D eigenvalue weighted by molar-refractivity contribution is -0.137. The molecule has 0 amide bonds. The van der Waals surface area contributed by atoms with E-state index in [1.807, 2.05) is 11.8 Å². The smallest absolute Gasteiger partial charge is 0.389 e. The molecular formula is C14H17F3N2OS. The van der Waals surface area contributed by atoms with Crippen molar-refractivity contribution in [3.8, 4) is 0 Å². The van der Waals surface area contributed by atoms with Crippen LogP contribution in [-0.2, 0) is 10.9 Å². The third-order valence-corrected chi connectivity index (χ3v) is 3.82. The van der Waals surface area contributed by atoms with Crippen LogP contribution in [0.1, 0.15) is 24.5 Å². The predicted molar refractivity (Wildman–Crippen MR) is 79.6 cm³/mol. The summed E-state index contributed by atoms with van der Waals surface area (Å²) in [5, 5.41) is 0. The number of benzene rings is 1. The lowest BCUT2D eigenvalue weighted by atomic mass is 10.0. The molecule has 116 valence electrons. The monoisotopic (exact) mass is 318 g/mol. The lowest BCUT2D eigenvalue weighted by Gasteiger charge is -2.38. The first kappa shape index (κ1) is 16.0. The molecule has 1 heterocycles. The molecule has 1 aromatic rings. The molecule has 1 fully saturated rings. The molecule has 1 aromatic carbocycles. The van der Waals surface area contributed by atoms with E-state index < -0.39 is 11.7 Å². The van der Waals surface area contributed by atoms with Crippen LogP contribution < -0.4 is 10.6 Å². The second-order valence-corrected chi connectivity index (χ2v) is 5.36. The molecule has 0 saturated carbocycles. The molecule has 0 radical (unpaired) electrons. The molecule has 0 aromatic heterocycles. The minimum atomic E-state index is -4.41. The second kappa shape index (κ2) is 6.19. The Kier molecular flexibility index (Phi) is 4.73. The molecule has 1 saturated heterocycles. The van der Waals surface area contributed by atoms with Gasteiger partial charge < -0.3 is 15.4 Å². The number of rotatable bonds is 3. The molecule has 21 heavy (non-hydrogen) atoms. The SMILES string of the molecule is CCC1COCCN1c1ccc(C(F)(F)F)cc1C(N)=S. The van der Waals surface area contributed by atoms with E-state index in [9.17, 15) is 13.2 Å². The summed E-state index contributed by atoms with van der Waals surface area (Å²) in [7, 11) is 0. The van der Waals surface area contributed by atoms with Crippen LogP contribution in [0.2, 0.25) is 0 Å². The first-order valence-electron chi connectivity index (χ1n) is 6.70. The summed E-state index contributed by atoms with van der Waals surface area (Å²) in [5.41, 5.74) is 5.79. The Bertz CT molecular complexity index is 533. The fraction of sp³-hybridized carbons (Fsp3) is 0.500. The summed E-state index contributed by atoms with van der Waals surface area (Å²) >= 11 is 4.93. The van der Waals surface area contributed by atoms with Gasteiger partial charge in [-0.1, -0.05) is 19.1 Å². The number of nitrogens with zero attached hydrogens (tertiary/aromatic N) is 1. The van der Waals surface area contributed by atoms with Crippen molar-refractivity contribution in [3.63, 3.8) is 0 Å². The summed E-state index contributed by atoms with van der Waals surface area (Å²) in [6.45, 7) is 3.71. The average molecular weight is 318 g/mol. The molecule has 7 heteroatoms. The number of nitrogens with two attached hydrogens (primary N) is 1. The molecule has 1 aliphatic rings. The van der Waals surface area contributed by atoms with Gasteiger partial charge in [-0.05, 0) is 24.6 Å². The highest BCUT2D eigenvalue weighted by Crippen LogP contribution is 2.34. The van der Waals surface area contributed by atoms with Gasteiger partial charge in [0, 0.05) is 17.8 Å². The Morgan fingerprint density at radius 1 is 1.48 bits per heavy atom. The van der Waals surface area contributed by atoms with E-state index in [0.29, 0.717) is 25.4 Å². The van der Waals surface area contributed by atoms with Crippen LogP contribution in [0.3, 0.4) is 0 Å². The highest BCUT2D eigenvalue weighted by Gasteiger charge is 2.32. The van der Waals surface area contributed by atoms with Crippen molar-refractivity contribution in [2.75, 3.05) is 24.7 Å². The Morgan fingerprint density at radius 3 is 2.76 bits per heavy atom. The first-order chi connectivity index (χ1) is 9.84. The summed E-state index contributed by atoms with van der Waals surface area (Å²) in [5.74, 6) is 0. The van der Waals surface area contributed by atoms with Gasteiger partial charge in [0.2, 0.25) is 0 Å². The molecule has 0 bridgehead atoms. The predicted octanol–water partition coefficient (Wildman–Crippen LogP) is 2.95. The minimum absolute atomic E-state index is 0.0301. The maximum atomic E-state index is 12.8. The number of thiocarbonyl (C=S) groups is 1. The number of anilines is 1. The van der Waals surface area contributed by atoms with Gasteiger partial charge in [-0.15, -0.1) is 0 Å². The fourth-order valence-electron chi connectivity index (χ4n) is 2.47. The summed E-state index contributed by atoms with van der Waals surface area (Å²) < 4.78 is 43.9. The molecule has 0 aliphatic carbocycles. The Balaban J connectivity index is 2.45. The van der Waals surface area contributed by atoms with Crippen molar-refractivity contribution >= 4 is 22.9 Å². The van der Waals surface area contributed by atoms with Crippen molar-refractivity contribution in [3.05, 3.63) is 29.3 Å². The normalized spacial score (nSPS) is 19.6. The zero-order valence-corrected chi connectivity index (χ0v) is 12.4. The number of morpholine rings is 1. The summed E-state index contributed by atoms with van der Waals surface area (Å²) in [6.07, 6.45) is -3.58. The number of halogens is 3. The molecule has 2 rings (SSSR count). The Labute approximate surface area is 126 Å². The maximum absolute atomic E-state index is 12.8. The van der Waals surface area contributed by atoms with E-state index in [1.54, 1.807) is 0 Å². The molecule has 1 aliphatic heterocycles. The molecule has 3 nitrogen and oxygen atoms in total. The van der Waals surface area contributed by atoms with Crippen molar-refractivity contribution < 1.29 is 17.9 Å². The van der Waals surface area contributed by atoms with Gasteiger partial charge >= 0.3 is 6.18 Å². The van der Waals surface area contributed by atoms with E-state index in [0.717, 1.165) is 18.6 Å². The maximum Gasteiger partial charge on any atom is 0.416 e. The van der Waals surface area contributed by atoms with E-state index in [2.05, 4.69) is 0 Å². The highest BCUT2D eigenvalue weighted by atomic mass is 32.1. The summed E-state index contributed by atoms with van der Waals surface area (Å²) in [6, 6.07) is 3.66. The lowest BCUT2D eigenvalue weighted by Crippen LogP contribution is -2.46. The number of hydrogen-bond acceptors (Lipinski definition) is 3. The Hall–Kier alpha value is -1.34. The van der Waals surface area contributed by atoms with Gasteiger partial charge in [-0.3, -0.25) is 0 Å². The molecule has 1 unspecified atom stereocenters. The van der Waals surface area contributed by atoms with Crippen molar-refractivity contribution in [1.29, 1.82) is 0 Å². The number of alkyl halides is 3. The van der Waals surface area contributed by atoms with Gasteiger partial charge in [0.05, 0.1) is 24.8 Å². The molecule has 1 atom stereocenters. The quantitative estimate of drug-likeness (QED) is 0.870. The summed E-state index contributed by atoms with van der Waals surface area (Å²) in [4.78, 5) is 2.00. The van der Waals surface area contributed by atoms with Crippen LogP contribution in [0.4, 0.5) is 18.9 Å². The number of hydrogen-bond donors (Lipinski definition) is 1. The highest BCUT2D eigenvalue weighted by molar-refractivity contribution is 7.80. The van der Waals surface area contributed by atoms with E-state index in [4.69, 9.17) is 22.7 Å². The third-order valence-electron chi connectivity index (χ3n) is 3.60. The van der Waals surface area contributed by atoms with E-state index >= 15 is 0 Å². The van der Waals surface area contributed by atoms with Crippen LogP contribution in [-0.4, -0.2) is 30.8 Å². The minimum Gasteiger partial charge on any atom is -0.389 e. The average Bonchev–Trinajstić information content (AvgIpc) is 2.45. The largest absolute Gasteiger partial charge is 0.416 e. The van der Waals surface area contributed by atoms with Crippen LogP contribution in [0.25, 0.3) is 0 Å². The molecule has 2 N–H and O–H groups in total. The Morgan fingerprint density at radius 2 is 2.19 bits per heavy atom. The second-order valence-electron chi connectivity index (χ2n) is 4.92. The zero-order valence-electron chi connectivity index (χ0n) is 11.6. The van der Waals surface area contributed by atoms with Crippen molar-refractivity contribution in [1.82, 2.24) is 0 Å². The van der Waals surface area contributed by atoms with Crippen LogP contribution >= 0.6 is 12.2 Å². The van der Waals surface area contributed by atoms with Crippen molar-refractivity contribution in [2.24, 2.45) is 5.73 Å².